The third kappa shape index (κ3) is 1.76. The minimum Gasteiger partial charge on any atom is -0.465 e. The van der Waals surface area contributed by atoms with Gasteiger partial charge in [-0.2, -0.15) is 13.2 Å². The summed E-state index contributed by atoms with van der Waals surface area (Å²) in [5.41, 5.74) is -2.30. The molecule has 1 aromatic heterocycles. The molecule has 1 aliphatic carbocycles. The molecule has 1 aliphatic rings. The Kier molecular flexibility index (Phi) is 3.04. The van der Waals surface area contributed by atoms with Crippen molar-refractivity contribution in [1.82, 2.24) is 4.98 Å². The highest BCUT2D eigenvalue weighted by molar-refractivity contribution is 5.91. The quantitative estimate of drug-likeness (QED) is 0.766. The molecule has 18 heavy (non-hydrogen) atoms. The Labute approximate surface area is 102 Å². The molecule has 1 fully saturated rings. The van der Waals surface area contributed by atoms with E-state index < -0.39 is 17.6 Å². The number of methoxy groups -OCH3 is 1. The Morgan fingerprint density at radius 3 is 2.56 bits per heavy atom. The number of pyridine rings is 1. The molecule has 0 radical (unpaired) electrons. The fourth-order valence-corrected chi connectivity index (χ4v) is 2.25. The molecule has 1 saturated carbocycles. The van der Waals surface area contributed by atoms with Gasteiger partial charge in [0.2, 0.25) is 0 Å². The van der Waals surface area contributed by atoms with Crippen molar-refractivity contribution in [3.05, 3.63) is 29.6 Å². The van der Waals surface area contributed by atoms with Crippen LogP contribution in [-0.4, -0.2) is 24.2 Å². The average Bonchev–Trinajstić information content (AvgIpc) is 2.25. The fourth-order valence-electron chi connectivity index (χ4n) is 2.25. The van der Waals surface area contributed by atoms with Crippen molar-refractivity contribution in [1.29, 1.82) is 0 Å². The van der Waals surface area contributed by atoms with Crippen molar-refractivity contribution in [2.75, 3.05) is 7.11 Å². The Morgan fingerprint density at radius 1 is 1.44 bits per heavy atom. The number of aromatic nitrogens is 1. The van der Waals surface area contributed by atoms with Gasteiger partial charge in [-0.05, 0) is 25.0 Å². The Hall–Kier alpha value is -1.59. The van der Waals surface area contributed by atoms with Gasteiger partial charge < -0.3 is 4.74 Å². The highest BCUT2D eigenvalue weighted by Crippen LogP contribution is 2.54. The van der Waals surface area contributed by atoms with Crippen LogP contribution in [0.1, 0.15) is 35.3 Å². The summed E-state index contributed by atoms with van der Waals surface area (Å²) in [6, 6.07) is 2.75. The predicted molar refractivity (Wildman–Crippen MR) is 57.2 cm³/mol. The molecule has 0 aliphatic heterocycles. The van der Waals surface area contributed by atoms with E-state index in [2.05, 4.69) is 9.72 Å². The third-order valence-corrected chi connectivity index (χ3v) is 3.42. The van der Waals surface area contributed by atoms with Crippen molar-refractivity contribution in [3.8, 4) is 0 Å². The maximum Gasteiger partial charge on any atom is 0.399 e. The molecule has 1 heterocycles. The number of alkyl halides is 3. The Bertz CT molecular complexity index is 467. The standard InChI is InChI=1S/C12H12F3NO2/c1-18-10(17)8-4-2-7-16-9(8)11(5-3-6-11)12(13,14)15/h2,4,7H,3,5-6H2,1H3. The number of rotatable bonds is 2. The monoisotopic (exact) mass is 259 g/mol. The van der Waals surface area contributed by atoms with Gasteiger partial charge in [0.05, 0.1) is 18.4 Å². The van der Waals surface area contributed by atoms with Crippen LogP contribution in [0.5, 0.6) is 0 Å². The van der Waals surface area contributed by atoms with E-state index in [1.54, 1.807) is 0 Å². The van der Waals surface area contributed by atoms with E-state index in [4.69, 9.17) is 0 Å². The number of ether oxygens (including phenoxy) is 1. The lowest BCUT2D eigenvalue weighted by Crippen LogP contribution is -2.49. The first-order valence-electron chi connectivity index (χ1n) is 5.53. The zero-order valence-corrected chi connectivity index (χ0v) is 9.75. The molecule has 2 rings (SSSR count). The molecule has 0 aromatic carbocycles. The lowest BCUT2D eigenvalue weighted by atomic mass is 9.65. The number of hydrogen-bond acceptors (Lipinski definition) is 3. The van der Waals surface area contributed by atoms with Gasteiger partial charge >= 0.3 is 12.1 Å². The first-order valence-corrected chi connectivity index (χ1v) is 5.53. The highest BCUT2D eigenvalue weighted by Gasteiger charge is 2.61. The summed E-state index contributed by atoms with van der Waals surface area (Å²) in [4.78, 5) is 15.3. The van der Waals surface area contributed by atoms with Gasteiger partial charge in [0.15, 0.2) is 0 Å². The van der Waals surface area contributed by atoms with E-state index in [1.165, 1.54) is 18.3 Å². The maximum atomic E-state index is 13.2. The average molecular weight is 259 g/mol. The minimum absolute atomic E-state index is 0.0303. The summed E-state index contributed by atoms with van der Waals surface area (Å²) in [5, 5.41) is 0. The van der Waals surface area contributed by atoms with Crippen LogP contribution in [0.25, 0.3) is 0 Å². The number of nitrogens with zero attached hydrogens (tertiary/aromatic N) is 1. The molecule has 0 saturated heterocycles. The van der Waals surface area contributed by atoms with Gasteiger partial charge in [0, 0.05) is 6.20 Å². The summed E-state index contributed by atoms with van der Waals surface area (Å²) in [6.45, 7) is 0. The van der Waals surface area contributed by atoms with Gasteiger partial charge in [-0.15, -0.1) is 0 Å². The van der Waals surface area contributed by atoms with Crippen LogP contribution in [0.4, 0.5) is 13.2 Å². The summed E-state index contributed by atoms with van der Waals surface area (Å²) in [7, 11) is 1.14. The van der Waals surface area contributed by atoms with Crippen molar-refractivity contribution >= 4 is 5.97 Å². The van der Waals surface area contributed by atoms with Crippen LogP contribution in [0.2, 0.25) is 0 Å². The van der Waals surface area contributed by atoms with Crippen molar-refractivity contribution in [2.45, 2.75) is 30.9 Å². The van der Waals surface area contributed by atoms with Crippen molar-refractivity contribution in [2.24, 2.45) is 0 Å². The second-order valence-electron chi connectivity index (χ2n) is 4.32. The van der Waals surface area contributed by atoms with E-state index in [0.717, 1.165) is 7.11 Å². The van der Waals surface area contributed by atoms with Crippen LogP contribution >= 0.6 is 0 Å². The van der Waals surface area contributed by atoms with E-state index in [0.29, 0.717) is 6.42 Å². The van der Waals surface area contributed by atoms with E-state index >= 15 is 0 Å². The molecule has 1 aromatic rings. The SMILES string of the molecule is COC(=O)c1cccnc1C1(C(F)(F)F)CCC1. The molecule has 0 unspecified atom stereocenters. The summed E-state index contributed by atoms with van der Waals surface area (Å²) < 4.78 is 44.1. The largest absolute Gasteiger partial charge is 0.465 e. The van der Waals surface area contributed by atoms with Gasteiger partial charge in [-0.3, -0.25) is 4.98 Å². The Morgan fingerprint density at radius 2 is 2.11 bits per heavy atom. The summed E-state index contributed by atoms with van der Waals surface area (Å²) >= 11 is 0. The fraction of sp³-hybridized carbons (Fsp3) is 0.500. The van der Waals surface area contributed by atoms with Crippen molar-refractivity contribution < 1.29 is 22.7 Å². The molecule has 3 nitrogen and oxygen atoms in total. The smallest absolute Gasteiger partial charge is 0.399 e. The molecule has 0 N–H and O–H groups in total. The predicted octanol–water partition coefficient (Wildman–Crippen LogP) is 2.85. The molecule has 0 amide bonds. The van der Waals surface area contributed by atoms with Gasteiger partial charge in [0.25, 0.3) is 0 Å². The topological polar surface area (TPSA) is 39.2 Å². The maximum absolute atomic E-state index is 13.2. The van der Waals surface area contributed by atoms with E-state index in [-0.39, 0.29) is 24.1 Å². The first kappa shape index (κ1) is 12.9. The van der Waals surface area contributed by atoms with Crippen LogP contribution in [-0.2, 0) is 10.2 Å². The molecular formula is C12H12F3NO2. The third-order valence-electron chi connectivity index (χ3n) is 3.42. The van der Waals surface area contributed by atoms with Gasteiger partial charge in [-0.1, -0.05) is 6.42 Å². The number of esters is 1. The highest BCUT2D eigenvalue weighted by atomic mass is 19.4. The lowest BCUT2D eigenvalue weighted by molar-refractivity contribution is -0.214. The van der Waals surface area contributed by atoms with Crippen LogP contribution in [0.3, 0.4) is 0 Å². The summed E-state index contributed by atoms with van der Waals surface area (Å²) in [5.74, 6) is -0.784. The molecule has 0 spiro atoms. The molecule has 98 valence electrons. The van der Waals surface area contributed by atoms with Crippen LogP contribution < -0.4 is 0 Å². The molecule has 0 bridgehead atoms. The van der Waals surface area contributed by atoms with Gasteiger partial charge in [0.1, 0.15) is 5.41 Å². The van der Waals surface area contributed by atoms with Gasteiger partial charge in [-0.25, -0.2) is 4.79 Å². The molecule has 6 heteroatoms. The number of halogens is 3. The number of carbonyl (C=O) groups is 1. The first-order chi connectivity index (χ1) is 8.42. The van der Waals surface area contributed by atoms with Crippen LogP contribution in [0.15, 0.2) is 18.3 Å². The van der Waals surface area contributed by atoms with Crippen molar-refractivity contribution in [3.63, 3.8) is 0 Å². The molecule has 0 atom stereocenters. The minimum atomic E-state index is -4.40. The lowest BCUT2D eigenvalue weighted by Gasteiger charge is -2.43. The van der Waals surface area contributed by atoms with Crippen LogP contribution in [0, 0.1) is 0 Å². The second-order valence-corrected chi connectivity index (χ2v) is 4.32. The number of hydrogen-bond donors (Lipinski definition) is 0. The second kappa shape index (κ2) is 4.26. The number of carbonyl (C=O) groups excluding carboxylic acids is 1. The molecular weight excluding hydrogens is 247 g/mol. The normalized spacial score (nSPS) is 18.0. The zero-order chi connectivity index (χ0) is 13.4. The van der Waals surface area contributed by atoms with E-state index in [1.807, 2.05) is 0 Å². The summed E-state index contributed by atoms with van der Waals surface area (Å²) in [6.07, 6.45) is -2.71. The Balaban J connectivity index is 2.53. The van der Waals surface area contributed by atoms with E-state index in [9.17, 15) is 18.0 Å². The zero-order valence-electron chi connectivity index (χ0n) is 9.75.